The Morgan fingerprint density at radius 3 is 2.80 bits per heavy atom. The molecule has 0 bridgehead atoms. The molecule has 0 saturated carbocycles. The van der Waals surface area contributed by atoms with Crippen molar-refractivity contribution in [3.63, 3.8) is 0 Å². The van der Waals surface area contributed by atoms with Crippen LogP contribution in [0, 0.1) is 6.92 Å². The van der Waals surface area contributed by atoms with Crippen LogP contribution in [0.2, 0.25) is 0 Å². The number of rotatable bonds is 5. The van der Waals surface area contributed by atoms with Crippen LogP contribution in [0.1, 0.15) is 24.5 Å². The number of anilines is 2. The third-order valence-electron chi connectivity index (χ3n) is 4.23. The van der Waals surface area contributed by atoms with Crippen LogP contribution in [0.25, 0.3) is 0 Å². The second-order valence-corrected chi connectivity index (χ2v) is 6.23. The van der Waals surface area contributed by atoms with Gasteiger partial charge in [-0.15, -0.1) is 0 Å². The molecule has 0 fully saturated rings. The Balaban J connectivity index is 1.52. The lowest BCUT2D eigenvalue weighted by Crippen LogP contribution is -2.25. The molecule has 2 amide bonds. The minimum Gasteiger partial charge on any atom is -0.493 e. The monoisotopic (exact) mass is 338 g/mol. The highest BCUT2D eigenvalue weighted by Gasteiger charge is 2.22. The molecule has 0 aliphatic carbocycles. The summed E-state index contributed by atoms with van der Waals surface area (Å²) in [5, 5.41) is 2.89. The Bertz CT molecular complexity index is 801. The van der Waals surface area contributed by atoms with Gasteiger partial charge in [0.25, 0.3) is 0 Å². The first-order valence-corrected chi connectivity index (χ1v) is 8.43. The molecule has 0 spiro atoms. The molecule has 130 valence electrons. The van der Waals surface area contributed by atoms with Crippen molar-refractivity contribution in [1.82, 2.24) is 0 Å². The van der Waals surface area contributed by atoms with Crippen LogP contribution in [0.4, 0.5) is 11.4 Å². The summed E-state index contributed by atoms with van der Waals surface area (Å²) >= 11 is 0. The van der Waals surface area contributed by atoms with Crippen molar-refractivity contribution < 1.29 is 14.3 Å². The smallest absolute Gasteiger partial charge is 0.227 e. The highest BCUT2D eigenvalue weighted by Crippen LogP contribution is 2.30. The van der Waals surface area contributed by atoms with E-state index in [4.69, 9.17) is 4.74 Å². The number of hydrogen-bond acceptors (Lipinski definition) is 3. The van der Waals surface area contributed by atoms with Gasteiger partial charge in [0.05, 0.1) is 13.0 Å². The van der Waals surface area contributed by atoms with E-state index in [2.05, 4.69) is 5.32 Å². The Kier molecular flexibility index (Phi) is 5.03. The number of amides is 2. The average Bonchev–Trinajstić information content (AvgIpc) is 2.98. The zero-order chi connectivity index (χ0) is 17.8. The fraction of sp³-hybridized carbons (Fsp3) is 0.300. The van der Waals surface area contributed by atoms with Crippen molar-refractivity contribution in [2.45, 2.75) is 26.7 Å². The number of hydrogen-bond donors (Lipinski definition) is 1. The van der Waals surface area contributed by atoms with Gasteiger partial charge in [0, 0.05) is 24.8 Å². The number of benzene rings is 2. The zero-order valence-corrected chi connectivity index (χ0v) is 14.5. The predicted octanol–water partition coefficient (Wildman–Crippen LogP) is 3.31. The van der Waals surface area contributed by atoms with E-state index in [1.54, 1.807) is 11.8 Å². The minimum absolute atomic E-state index is 0.0452. The van der Waals surface area contributed by atoms with E-state index < -0.39 is 0 Å². The van der Waals surface area contributed by atoms with Crippen molar-refractivity contribution in [2.24, 2.45) is 0 Å². The molecule has 25 heavy (non-hydrogen) atoms. The molecule has 0 atom stereocenters. The average molecular weight is 338 g/mol. The van der Waals surface area contributed by atoms with Crippen molar-refractivity contribution in [1.29, 1.82) is 0 Å². The fourth-order valence-corrected chi connectivity index (χ4v) is 3.00. The molecular formula is C20H22N2O3. The lowest BCUT2D eigenvalue weighted by atomic mass is 10.1. The van der Waals surface area contributed by atoms with Crippen molar-refractivity contribution >= 4 is 23.2 Å². The van der Waals surface area contributed by atoms with Gasteiger partial charge in [-0.3, -0.25) is 9.59 Å². The summed E-state index contributed by atoms with van der Waals surface area (Å²) in [6.07, 6.45) is 1.10. The highest BCUT2D eigenvalue weighted by atomic mass is 16.5. The third-order valence-corrected chi connectivity index (χ3v) is 4.23. The van der Waals surface area contributed by atoms with Crippen LogP contribution in [0.5, 0.6) is 5.75 Å². The van der Waals surface area contributed by atoms with Crippen molar-refractivity contribution in [2.75, 3.05) is 23.4 Å². The fourth-order valence-electron chi connectivity index (χ4n) is 3.00. The van der Waals surface area contributed by atoms with E-state index >= 15 is 0 Å². The van der Waals surface area contributed by atoms with Crippen LogP contribution in [0.3, 0.4) is 0 Å². The van der Waals surface area contributed by atoms with Crippen molar-refractivity contribution in [3.05, 3.63) is 53.6 Å². The van der Waals surface area contributed by atoms with E-state index in [0.717, 1.165) is 34.7 Å². The first-order valence-electron chi connectivity index (χ1n) is 8.43. The lowest BCUT2D eigenvalue weighted by molar-refractivity contribution is -0.117. The number of ether oxygens (including phenoxy) is 1. The van der Waals surface area contributed by atoms with E-state index in [-0.39, 0.29) is 18.2 Å². The maximum atomic E-state index is 12.1. The summed E-state index contributed by atoms with van der Waals surface area (Å²) in [7, 11) is 0. The van der Waals surface area contributed by atoms with Gasteiger partial charge in [-0.1, -0.05) is 12.1 Å². The summed E-state index contributed by atoms with van der Waals surface area (Å²) in [5.41, 5.74) is 3.90. The Morgan fingerprint density at radius 2 is 2.04 bits per heavy atom. The SMILES string of the molecule is CC(=O)N1CCc2cc(NC(=O)CCOc3cccc(C)c3)ccc21. The normalized spacial score (nSPS) is 12.6. The molecular weight excluding hydrogens is 316 g/mol. The van der Waals surface area contributed by atoms with Crippen LogP contribution in [0.15, 0.2) is 42.5 Å². The number of carbonyl (C=O) groups is 2. The molecule has 1 aliphatic heterocycles. The summed E-state index contributed by atoms with van der Waals surface area (Å²) in [6, 6.07) is 13.4. The molecule has 2 aromatic rings. The second kappa shape index (κ2) is 7.38. The van der Waals surface area contributed by atoms with E-state index in [0.29, 0.717) is 13.2 Å². The van der Waals surface area contributed by atoms with Gasteiger partial charge >= 0.3 is 0 Å². The zero-order valence-electron chi connectivity index (χ0n) is 14.5. The largest absolute Gasteiger partial charge is 0.493 e. The van der Waals surface area contributed by atoms with E-state index in [9.17, 15) is 9.59 Å². The molecule has 1 heterocycles. The molecule has 0 aromatic heterocycles. The Hall–Kier alpha value is -2.82. The van der Waals surface area contributed by atoms with Crippen LogP contribution < -0.4 is 15.0 Å². The molecule has 0 radical (unpaired) electrons. The molecule has 5 heteroatoms. The molecule has 2 aromatic carbocycles. The number of carbonyl (C=O) groups excluding carboxylic acids is 2. The van der Waals surface area contributed by atoms with E-state index in [1.165, 1.54) is 0 Å². The number of aryl methyl sites for hydroxylation is 1. The second-order valence-electron chi connectivity index (χ2n) is 6.23. The number of fused-ring (bicyclic) bond motifs is 1. The van der Waals surface area contributed by atoms with Gasteiger partial charge in [0.1, 0.15) is 5.75 Å². The highest BCUT2D eigenvalue weighted by molar-refractivity contribution is 5.95. The number of nitrogens with zero attached hydrogens (tertiary/aromatic N) is 1. The molecule has 1 aliphatic rings. The molecule has 0 saturated heterocycles. The van der Waals surface area contributed by atoms with Gasteiger partial charge in [0.2, 0.25) is 11.8 Å². The molecule has 1 N–H and O–H groups in total. The summed E-state index contributed by atoms with van der Waals surface area (Å²) in [5.74, 6) is 0.729. The van der Waals surface area contributed by atoms with Gasteiger partial charge in [-0.05, 0) is 54.8 Å². The van der Waals surface area contributed by atoms with Crippen LogP contribution in [-0.4, -0.2) is 25.0 Å². The van der Waals surface area contributed by atoms with Gasteiger partial charge in [-0.25, -0.2) is 0 Å². The third kappa shape index (κ3) is 4.18. The van der Waals surface area contributed by atoms with Crippen LogP contribution in [-0.2, 0) is 16.0 Å². The predicted molar refractivity (Wildman–Crippen MR) is 98.1 cm³/mol. The van der Waals surface area contributed by atoms with Gasteiger partial charge in [-0.2, -0.15) is 0 Å². The Morgan fingerprint density at radius 1 is 1.20 bits per heavy atom. The van der Waals surface area contributed by atoms with Crippen LogP contribution >= 0.6 is 0 Å². The summed E-state index contributed by atoms with van der Waals surface area (Å²) in [4.78, 5) is 25.4. The van der Waals surface area contributed by atoms with Gasteiger partial charge < -0.3 is 15.0 Å². The van der Waals surface area contributed by atoms with Gasteiger partial charge in [0.15, 0.2) is 0 Å². The molecule has 5 nitrogen and oxygen atoms in total. The van der Waals surface area contributed by atoms with E-state index in [1.807, 2.05) is 49.4 Å². The standard InChI is InChI=1S/C20H22N2O3/c1-14-4-3-5-18(12-14)25-11-9-20(24)21-17-6-7-19-16(13-17)8-10-22(19)15(2)23/h3-7,12-13H,8-11H2,1-2H3,(H,21,24). The molecule has 3 rings (SSSR count). The quantitative estimate of drug-likeness (QED) is 0.910. The first kappa shape index (κ1) is 17.0. The number of nitrogens with one attached hydrogen (secondary N) is 1. The topological polar surface area (TPSA) is 58.6 Å². The minimum atomic E-state index is -0.0889. The van der Waals surface area contributed by atoms with Crippen molar-refractivity contribution in [3.8, 4) is 5.75 Å². The lowest BCUT2D eigenvalue weighted by Gasteiger charge is -2.15. The summed E-state index contributed by atoms with van der Waals surface area (Å²) in [6.45, 7) is 4.60. The maximum absolute atomic E-state index is 12.1. The Labute approximate surface area is 147 Å². The molecule has 0 unspecified atom stereocenters. The summed E-state index contributed by atoms with van der Waals surface area (Å²) < 4.78 is 5.60. The maximum Gasteiger partial charge on any atom is 0.227 e. The first-order chi connectivity index (χ1) is 12.0.